The quantitative estimate of drug-likeness (QED) is 0.315. The Labute approximate surface area is 74.8 Å². The number of alkyl halides is 1. The van der Waals surface area contributed by atoms with Crippen molar-refractivity contribution < 1.29 is 0 Å². The fraction of sp³-hybridized carbons (Fsp3) is 1.00. The highest BCUT2D eigenvalue weighted by Gasteiger charge is 2.08. The van der Waals surface area contributed by atoms with E-state index in [1.165, 1.54) is 16.9 Å². The largest absolute Gasteiger partial charge is 0.0864 e. The number of hydrogen-bond donors (Lipinski definition) is 0. The molecule has 0 aliphatic rings. The Hall–Kier alpha value is 0.947. The van der Waals surface area contributed by atoms with Gasteiger partial charge in [-0.15, -0.1) is 0 Å². The van der Waals surface area contributed by atoms with Crippen molar-refractivity contribution in [1.82, 2.24) is 0 Å². The highest BCUT2D eigenvalue weighted by Crippen LogP contribution is 2.22. The lowest BCUT2D eigenvalue weighted by molar-refractivity contribution is 0.746. The van der Waals surface area contributed by atoms with Gasteiger partial charge >= 0.3 is 0 Å². The van der Waals surface area contributed by atoms with Crippen molar-refractivity contribution >= 4 is 32.1 Å². The van der Waals surface area contributed by atoms with E-state index in [1.54, 1.807) is 0 Å². The lowest BCUT2D eigenvalue weighted by Crippen LogP contribution is -2.07. The van der Waals surface area contributed by atoms with E-state index in [9.17, 15) is 0 Å². The summed E-state index contributed by atoms with van der Waals surface area (Å²) in [7, 11) is 0.234. The minimum absolute atomic E-state index is 0.234. The van der Waals surface area contributed by atoms with E-state index >= 15 is 0 Å². The zero-order valence-electron chi connectivity index (χ0n) is 6.71. The molecule has 0 amide bonds. The fourth-order valence-corrected chi connectivity index (χ4v) is 3.87. The van der Waals surface area contributed by atoms with Gasteiger partial charge < -0.3 is 0 Å². The van der Waals surface area contributed by atoms with Crippen LogP contribution in [0.4, 0.5) is 0 Å². The average Bonchev–Trinajstić information content (AvgIpc) is 1.63. The minimum Gasteiger partial charge on any atom is -0.0864 e. The molecule has 0 spiro atoms. The third-order valence-electron chi connectivity index (χ3n) is 1.31. The Morgan fingerprint density at radius 3 is 2.22 bits per heavy atom. The minimum atomic E-state index is 0.234. The molecule has 0 radical (unpaired) electrons. The summed E-state index contributed by atoms with van der Waals surface area (Å²) >= 11 is 2.46. The molecule has 0 aromatic carbocycles. The van der Waals surface area contributed by atoms with Gasteiger partial charge in [-0.1, -0.05) is 49.4 Å². The fourth-order valence-electron chi connectivity index (χ4n) is 0.750. The summed E-state index contributed by atoms with van der Waals surface area (Å²) in [4.78, 5) is 0. The lowest BCUT2D eigenvalue weighted by atomic mass is 10.2. The summed E-state index contributed by atoms with van der Waals surface area (Å²) in [6, 6.07) is 1.53. The molecule has 0 saturated carbocycles. The van der Waals surface area contributed by atoms with Gasteiger partial charge in [0.15, 0.2) is 0 Å². The Kier molecular flexibility index (Phi) is 5.21. The van der Waals surface area contributed by atoms with Crippen LogP contribution in [0.25, 0.3) is 0 Å². The second-order valence-corrected chi connectivity index (χ2v) is 8.11. The summed E-state index contributed by atoms with van der Waals surface area (Å²) in [6.45, 7) is 7.10. The van der Waals surface area contributed by atoms with Gasteiger partial charge in [0.1, 0.15) is 0 Å². The topological polar surface area (TPSA) is 0 Å². The second-order valence-electron chi connectivity index (χ2n) is 3.71. The second kappa shape index (κ2) is 4.72. The molecule has 0 N–H and O–H groups in total. The third-order valence-corrected chi connectivity index (χ3v) is 4.43. The molecule has 0 unspecified atom stereocenters. The van der Waals surface area contributed by atoms with Crippen molar-refractivity contribution in [2.75, 3.05) is 4.43 Å². The molecule has 0 aromatic heterocycles. The number of rotatable bonds is 3. The molecule has 0 aliphatic carbocycles. The zero-order valence-corrected chi connectivity index (χ0v) is 10.3. The molecule has 0 rings (SSSR count). The Bertz CT molecular complexity index is 65.8. The Morgan fingerprint density at radius 2 is 1.89 bits per heavy atom. The third kappa shape index (κ3) is 8.95. The van der Waals surface area contributed by atoms with Gasteiger partial charge in [0.05, 0.1) is 0 Å². The van der Waals surface area contributed by atoms with Crippen LogP contribution in [0.15, 0.2) is 0 Å². The molecule has 0 saturated heterocycles. The van der Waals surface area contributed by atoms with Crippen LogP contribution in [0, 0.1) is 0 Å². The van der Waals surface area contributed by atoms with E-state index < -0.39 is 0 Å². The molecule has 0 heterocycles. The van der Waals surface area contributed by atoms with Gasteiger partial charge in [0, 0.05) is 9.52 Å². The van der Waals surface area contributed by atoms with E-state index in [0.29, 0.717) is 5.04 Å². The van der Waals surface area contributed by atoms with Crippen LogP contribution >= 0.6 is 22.6 Å². The molecule has 56 valence electrons. The molecule has 2 heteroatoms. The molecule has 0 bridgehead atoms. The van der Waals surface area contributed by atoms with Crippen molar-refractivity contribution in [2.24, 2.45) is 0 Å². The van der Waals surface area contributed by atoms with Crippen LogP contribution in [-0.2, 0) is 0 Å². The molecule has 0 nitrogen and oxygen atoms in total. The maximum atomic E-state index is 2.46. The van der Waals surface area contributed by atoms with Crippen molar-refractivity contribution in [1.29, 1.82) is 0 Å². The molecule has 0 fully saturated rings. The lowest BCUT2D eigenvalue weighted by Gasteiger charge is -2.15. The summed E-state index contributed by atoms with van der Waals surface area (Å²) in [6.07, 6.45) is 1.45. The van der Waals surface area contributed by atoms with Crippen molar-refractivity contribution in [3.8, 4) is 0 Å². The first-order valence-corrected chi connectivity index (χ1v) is 6.85. The van der Waals surface area contributed by atoms with E-state index in [-0.39, 0.29) is 9.52 Å². The van der Waals surface area contributed by atoms with Crippen molar-refractivity contribution in [2.45, 2.75) is 38.3 Å². The maximum absolute atomic E-state index is 2.46. The van der Waals surface area contributed by atoms with Crippen LogP contribution in [0.5, 0.6) is 0 Å². The summed E-state index contributed by atoms with van der Waals surface area (Å²) in [5.74, 6) is 0. The van der Waals surface area contributed by atoms with E-state index in [2.05, 4.69) is 43.4 Å². The Balaban J connectivity index is 3.07. The SMILES string of the molecule is CC(C)(C)[SiH2]CCCI. The predicted octanol–water partition coefficient (Wildman–Crippen LogP) is 2.62. The predicted molar refractivity (Wildman–Crippen MR) is 56.6 cm³/mol. The first-order chi connectivity index (χ1) is 4.06. The maximum Gasteiger partial charge on any atom is 0.0260 e. The molecule has 0 aliphatic heterocycles. The van der Waals surface area contributed by atoms with Gasteiger partial charge in [-0.2, -0.15) is 0 Å². The Morgan fingerprint density at radius 1 is 1.33 bits per heavy atom. The number of hydrogen-bond acceptors (Lipinski definition) is 0. The summed E-state index contributed by atoms with van der Waals surface area (Å²) in [5.41, 5.74) is 0. The van der Waals surface area contributed by atoms with E-state index in [0.717, 1.165) is 0 Å². The van der Waals surface area contributed by atoms with Crippen LogP contribution < -0.4 is 0 Å². The highest BCUT2D eigenvalue weighted by molar-refractivity contribution is 14.1. The zero-order chi connectivity index (χ0) is 7.33. The molecule has 9 heavy (non-hydrogen) atoms. The summed E-state index contributed by atoms with van der Waals surface area (Å²) < 4.78 is 1.35. The van der Waals surface area contributed by atoms with Crippen molar-refractivity contribution in [3.63, 3.8) is 0 Å². The molecular weight excluding hydrogens is 239 g/mol. The first-order valence-electron chi connectivity index (χ1n) is 3.62. The molecule has 0 aromatic rings. The van der Waals surface area contributed by atoms with E-state index in [1.807, 2.05) is 0 Å². The molecule has 0 atom stereocenters. The van der Waals surface area contributed by atoms with Crippen LogP contribution in [0.3, 0.4) is 0 Å². The van der Waals surface area contributed by atoms with Gasteiger partial charge in [-0.3, -0.25) is 0 Å². The van der Waals surface area contributed by atoms with Gasteiger partial charge in [-0.05, 0) is 15.9 Å². The van der Waals surface area contributed by atoms with Gasteiger partial charge in [-0.25, -0.2) is 0 Å². The monoisotopic (exact) mass is 256 g/mol. The highest BCUT2D eigenvalue weighted by atomic mass is 127. The standard InChI is InChI=1S/C7H17ISi/c1-7(2,3)9-6-4-5-8/h4-6,9H2,1-3H3. The first kappa shape index (κ1) is 9.95. The van der Waals surface area contributed by atoms with Crippen LogP contribution in [-0.4, -0.2) is 13.9 Å². The van der Waals surface area contributed by atoms with E-state index in [4.69, 9.17) is 0 Å². The van der Waals surface area contributed by atoms with Crippen molar-refractivity contribution in [3.05, 3.63) is 0 Å². The van der Waals surface area contributed by atoms with Crippen LogP contribution in [0.2, 0.25) is 11.1 Å². The van der Waals surface area contributed by atoms with Gasteiger partial charge in [0.2, 0.25) is 0 Å². The molecular formula is C7H17ISi. The summed E-state index contributed by atoms with van der Waals surface area (Å²) in [5, 5.41) is 0.686. The average molecular weight is 256 g/mol. The van der Waals surface area contributed by atoms with Gasteiger partial charge in [0.25, 0.3) is 0 Å². The van der Waals surface area contributed by atoms with Crippen LogP contribution in [0.1, 0.15) is 27.2 Å². The normalized spacial score (nSPS) is 13.3. The smallest absolute Gasteiger partial charge is 0.0260 e. The number of halogens is 1.